The highest BCUT2D eigenvalue weighted by molar-refractivity contribution is 4.82. The second-order valence-electron chi connectivity index (χ2n) is 3.24. The highest BCUT2D eigenvalue weighted by atomic mass is 14.8. The van der Waals surface area contributed by atoms with E-state index in [4.69, 9.17) is 0 Å². The third-order valence-electron chi connectivity index (χ3n) is 1.51. The van der Waals surface area contributed by atoms with Crippen LogP contribution in [0.3, 0.4) is 0 Å². The molecular formula is C10H21N. The highest BCUT2D eigenvalue weighted by Crippen LogP contribution is 1.99. The van der Waals surface area contributed by atoms with Crippen LogP contribution in [0.2, 0.25) is 0 Å². The van der Waals surface area contributed by atoms with Crippen LogP contribution in [0, 0.1) is 5.92 Å². The van der Waals surface area contributed by atoms with Crippen LogP contribution in [0.1, 0.15) is 33.6 Å². The van der Waals surface area contributed by atoms with Crippen molar-refractivity contribution in [2.45, 2.75) is 33.6 Å². The molecule has 66 valence electrons. The van der Waals surface area contributed by atoms with Crippen LogP contribution in [0.15, 0.2) is 12.2 Å². The Hall–Kier alpha value is -0.300. The van der Waals surface area contributed by atoms with Crippen molar-refractivity contribution in [1.29, 1.82) is 0 Å². The molecule has 0 radical (unpaired) electrons. The first kappa shape index (κ1) is 10.7. The summed E-state index contributed by atoms with van der Waals surface area (Å²) in [6.45, 7) is 8.82. The maximum atomic E-state index is 3.29. The van der Waals surface area contributed by atoms with E-state index in [1.807, 2.05) is 0 Å². The minimum atomic E-state index is 0.797. The number of nitrogens with one attached hydrogen (secondary N) is 1. The molecule has 0 bridgehead atoms. The molecule has 0 unspecified atom stereocenters. The van der Waals surface area contributed by atoms with E-state index in [1.54, 1.807) is 0 Å². The molecule has 0 amide bonds. The topological polar surface area (TPSA) is 12.0 Å². The monoisotopic (exact) mass is 155 g/mol. The standard InChI is InChI=1S/C10H21N/c1-4-11-9-7-5-6-8-10(2)3/h5-6,10-11H,4,7-9H2,1-3H3/b6-5-. The SMILES string of the molecule is CCNCC/C=C\CC(C)C. The maximum Gasteiger partial charge on any atom is -0.00144 e. The third kappa shape index (κ3) is 9.70. The van der Waals surface area contributed by atoms with Gasteiger partial charge >= 0.3 is 0 Å². The Balaban J connectivity index is 3.03. The van der Waals surface area contributed by atoms with Gasteiger partial charge in [-0.3, -0.25) is 0 Å². The van der Waals surface area contributed by atoms with Gasteiger partial charge in [-0.25, -0.2) is 0 Å². The van der Waals surface area contributed by atoms with Gasteiger partial charge in [0.1, 0.15) is 0 Å². The molecule has 1 heteroatoms. The van der Waals surface area contributed by atoms with Crippen LogP contribution < -0.4 is 5.32 Å². The van der Waals surface area contributed by atoms with Gasteiger partial charge in [0.2, 0.25) is 0 Å². The molecule has 0 atom stereocenters. The van der Waals surface area contributed by atoms with E-state index in [2.05, 4.69) is 38.2 Å². The van der Waals surface area contributed by atoms with Crippen LogP contribution in [0.25, 0.3) is 0 Å². The molecule has 0 rings (SSSR count). The highest BCUT2D eigenvalue weighted by Gasteiger charge is 1.86. The van der Waals surface area contributed by atoms with E-state index in [0.29, 0.717) is 0 Å². The lowest BCUT2D eigenvalue weighted by atomic mass is 10.1. The van der Waals surface area contributed by atoms with Crippen molar-refractivity contribution in [3.63, 3.8) is 0 Å². The zero-order valence-electron chi connectivity index (χ0n) is 8.06. The average Bonchev–Trinajstić information content (AvgIpc) is 1.96. The van der Waals surface area contributed by atoms with Crippen LogP contribution >= 0.6 is 0 Å². The summed E-state index contributed by atoms with van der Waals surface area (Å²) in [7, 11) is 0. The third-order valence-corrected chi connectivity index (χ3v) is 1.51. The summed E-state index contributed by atoms with van der Waals surface area (Å²) in [6.07, 6.45) is 6.93. The minimum absolute atomic E-state index is 0.797. The fourth-order valence-electron chi connectivity index (χ4n) is 0.848. The van der Waals surface area contributed by atoms with Crippen LogP contribution in [0.5, 0.6) is 0 Å². The van der Waals surface area contributed by atoms with Crippen molar-refractivity contribution in [1.82, 2.24) is 5.32 Å². The smallest absolute Gasteiger partial charge is 0.00144 e. The Morgan fingerprint density at radius 1 is 1.27 bits per heavy atom. The second-order valence-corrected chi connectivity index (χ2v) is 3.24. The fraction of sp³-hybridized carbons (Fsp3) is 0.800. The van der Waals surface area contributed by atoms with Gasteiger partial charge in [0.15, 0.2) is 0 Å². The number of rotatable bonds is 6. The summed E-state index contributed by atoms with van der Waals surface area (Å²) in [5.74, 6) is 0.797. The van der Waals surface area contributed by atoms with E-state index in [0.717, 1.165) is 19.0 Å². The molecule has 0 saturated heterocycles. The summed E-state index contributed by atoms with van der Waals surface area (Å²) >= 11 is 0. The summed E-state index contributed by atoms with van der Waals surface area (Å²) in [4.78, 5) is 0. The van der Waals surface area contributed by atoms with Gasteiger partial charge in [-0.05, 0) is 31.8 Å². The Labute approximate surface area is 70.9 Å². The molecule has 0 aliphatic rings. The van der Waals surface area contributed by atoms with Gasteiger partial charge in [0.05, 0.1) is 0 Å². The van der Waals surface area contributed by atoms with Crippen LogP contribution in [-0.4, -0.2) is 13.1 Å². The number of hydrogen-bond donors (Lipinski definition) is 1. The molecule has 0 aromatic heterocycles. The largest absolute Gasteiger partial charge is 0.317 e. The number of allylic oxidation sites excluding steroid dienone is 1. The molecule has 1 nitrogen and oxygen atoms in total. The molecule has 11 heavy (non-hydrogen) atoms. The first-order valence-electron chi connectivity index (χ1n) is 4.63. The molecule has 0 heterocycles. The lowest BCUT2D eigenvalue weighted by Crippen LogP contribution is -2.12. The molecule has 0 aromatic rings. The Bertz CT molecular complexity index is 95.0. The van der Waals surface area contributed by atoms with Gasteiger partial charge in [-0.15, -0.1) is 0 Å². The molecule has 0 aromatic carbocycles. The van der Waals surface area contributed by atoms with Gasteiger partial charge in [-0.1, -0.05) is 32.9 Å². The van der Waals surface area contributed by atoms with Gasteiger partial charge < -0.3 is 5.32 Å². The van der Waals surface area contributed by atoms with Gasteiger partial charge in [0, 0.05) is 0 Å². The molecule has 0 fully saturated rings. The van der Waals surface area contributed by atoms with Crippen LogP contribution in [-0.2, 0) is 0 Å². The van der Waals surface area contributed by atoms with Crippen molar-refractivity contribution in [2.75, 3.05) is 13.1 Å². The predicted octanol–water partition coefficient (Wildman–Crippen LogP) is 2.59. The van der Waals surface area contributed by atoms with E-state index in [-0.39, 0.29) is 0 Å². The molecule has 0 aliphatic heterocycles. The Morgan fingerprint density at radius 2 is 2.00 bits per heavy atom. The first-order chi connectivity index (χ1) is 5.27. The summed E-state index contributed by atoms with van der Waals surface area (Å²) in [5, 5.41) is 3.29. The van der Waals surface area contributed by atoms with Gasteiger partial charge in [0.25, 0.3) is 0 Å². The van der Waals surface area contributed by atoms with E-state index >= 15 is 0 Å². The van der Waals surface area contributed by atoms with E-state index in [1.165, 1.54) is 12.8 Å². The molecular weight excluding hydrogens is 134 g/mol. The van der Waals surface area contributed by atoms with Crippen LogP contribution in [0.4, 0.5) is 0 Å². The van der Waals surface area contributed by atoms with Crippen molar-refractivity contribution in [3.05, 3.63) is 12.2 Å². The average molecular weight is 155 g/mol. The van der Waals surface area contributed by atoms with Crippen molar-refractivity contribution in [2.24, 2.45) is 5.92 Å². The zero-order chi connectivity index (χ0) is 8.53. The number of hydrogen-bond acceptors (Lipinski definition) is 1. The normalized spacial score (nSPS) is 11.6. The molecule has 0 spiro atoms. The fourth-order valence-corrected chi connectivity index (χ4v) is 0.848. The summed E-state index contributed by atoms with van der Waals surface area (Å²) < 4.78 is 0. The molecule has 0 saturated carbocycles. The van der Waals surface area contributed by atoms with Crippen molar-refractivity contribution < 1.29 is 0 Å². The molecule has 1 N–H and O–H groups in total. The quantitative estimate of drug-likeness (QED) is 0.459. The first-order valence-corrected chi connectivity index (χ1v) is 4.63. The molecule has 0 aliphatic carbocycles. The minimum Gasteiger partial charge on any atom is -0.317 e. The zero-order valence-corrected chi connectivity index (χ0v) is 8.06. The predicted molar refractivity (Wildman–Crippen MR) is 51.8 cm³/mol. The lowest BCUT2D eigenvalue weighted by molar-refractivity contribution is 0.660. The van der Waals surface area contributed by atoms with Crippen molar-refractivity contribution >= 4 is 0 Å². The Kier molecular flexibility index (Phi) is 7.59. The maximum absolute atomic E-state index is 3.29. The van der Waals surface area contributed by atoms with E-state index < -0.39 is 0 Å². The summed E-state index contributed by atoms with van der Waals surface area (Å²) in [5.41, 5.74) is 0. The van der Waals surface area contributed by atoms with Crippen molar-refractivity contribution in [3.8, 4) is 0 Å². The second kappa shape index (κ2) is 7.80. The van der Waals surface area contributed by atoms with Gasteiger partial charge in [-0.2, -0.15) is 0 Å². The Morgan fingerprint density at radius 3 is 2.55 bits per heavy atom. The van der Waals surface area contributed by atoms with E-state index in [9.17, 15) is 0 Å². The summed E-state index contributed by atoms with van der Waals surface area (Å²) in [6, 6.07) is 0. The lowest BCUT2D eigenvalue weighted by Gasteiger charge is -1.97.